The van der Waals surface area contributed by atoms with Crippen molar-refractivity contribution in [1.82, 2.24) is 14.9 Å². The molecule has 0 N–H and O–H groups in total. The van der Waals surface area contributed by atoms with Gasteiger partial charge in [-0.25, -0.2) is 9.97 Å². The molecule has 118 valence electrons. The van der Waals surface area contributed by atoms with Gasteiger partial charge in [-0.15, -0.1) is 11.3 Å². The maximum Gasteiger partial charge on any atom is 0.233 e. The van der Waals surface area contributed by atoms with Gasteiger partial charge in [0.05, 0.1) is 5.75 Å². The number of benzene rings is 1. The van der Waals surface area contributed by atoms with Crippen molar-refractivity contribution in [3.63, 3.8) is 0 Å². The number of carbonyl (C=O) groups is 1. The molecule has 2 aromatic heterocycles. The fourth-order valence-electron chi connectivity index (χ4n) is 2.09. The molecule has 1 amide bonds. The van der Waals surface area contributed by atoms with Crippen LogP contribution in [0.15, 0.2) is 51.5 Å². The first-order valence-electron chi connectivity index (χ1n) is 6.93. The summed E-state index contributed by atoms with van der Waals surface area (Å²) in [5.41, 5.74) is 1.09. The summed E-state index contributed by atoms with van der Waals surface area (Å²) in [6.07, 6.45) is 1.55. The Bertz CT molecular complexity index is 837. The van der Waals surface area contributed by atoms with Crippen LogP contribution in [0.3, 0.4) is 0 Å². The predicted molar refractivity (Wildman–Crippen MR) is 98.8 cm³/mol. The lowest BCUT2D eigenvalue weighted by Crippen LogP contribution is -2.27. The highest BCUT2D eigenvalue weighted by Crippen LogP contribution is 2.27. The molecule has 23 heavy (non-hydrogen) atoms. The van der Waals surface area contributed by atoms with Gasteiger partial charge < -0.3 is 4.90 Å². The van der Waals surface area contributed by atoms with Crippen molar-refractivity contribution >= 4 is 55.2 Å². The quantitative estimate of drug-likeness (QED) is 0.469. The number of thioether (sulfide) groups is 1. The molecule has 0 saturated heterocycles. The summed E-state index contributed by atoms with van der Waals surface area (Å²) in [5, 5.41) is 3.87. The van der Waals surface area contributed by atoms with Crippen molar-refractivity contribution < 1.29 is 4.79 Å². The molecule has 0 bridgehead atoms. The van der Waals surface area contributed by atoms with Crippen LogP contribution in [0.25, 0.3) is 10.2 Å². The van der Waals surface area contributed by atoms with E-state index in [0.717, 1.165) is 25.3 Å². The molecule has 0 aliphatic carbocycles. The summed E-state index contributed by atoms with van der Waals surface area (Å²) >= 11 is 6.55. The van der Waals surface area contributed by atoms with E-state index in [1.807, 2.05) is 42.8 Å². The summed E-state index contributed by atoms with van der Waals surface area (Å²) in [5.74, 6) is 0.441. The molecule has 3 rings (SSSR count). The maximum atomic E-state index is 12.4. The number of nitrogens with zero attached hydrogens (tertiary/aromatic N) is 3. The van der Waals surface area contributed by atoms with Crippen LogP contribution in [0.4, 0.5) is 0 Å². The Labute approximate surface area is 151 Å². The number of rotatable bonds is 5. The number of aromatic nitrogens is 2. The van der Waals surface area contributed by atoms with E-state index in [9.17, 15) is 4.79 Å². The Kier molecular flexibility index (Phi) is 5.30. The standard InChI is InChI=1S/C16H14BrN3OS2/c1-20(8-11-4-2-3-5-13(11)17)14(21)9-23-16-12-6-7-22-15(12)18-10-19-16/h2-7,10H,8-9H2,1H3. The third kappa shape index (κ3) is 3.91. The van der Waals surface area contributed by atoms with Crippen LogP contribution in [0.2, 0.25) is 0 Å². The van der Waals surface area contributed by atoms with Gasteiger partial charge in [0, 0.05) is 23.5 Å². The zero-order valence-electron chi connectivity index (χ0n) is 12.4. The zero-order valence-corrected chi connectivity index (χ0v) is 15.6. The third-order valence-corrected chi connectivity index (χ3v) is 5.93. The van der Waals surface area contributed by atoms with Crippen LogP contribution in [0, 0.1) is 0 Å². The minimum absolute atomic E-state index is 0.0766. The molecule has 0 radical (unpaired) electrons. The number of halogens is 1. The molecule has 3 aromatic rings. The molecule has 0 aliphatic heterocycles. The second-order valence-electron chi connectivity index (χ2n) is 4.95. The van der Waals surface area contributed by atoms with Crippen LogP contribution >= 0.6 is 39.0 Å². The van der Waals surface area contributed by atoms with E-state index in [1.54, 1.807) is 22.6 Å². The van der Waals surface area contributed by atoms with Gasteiger partial charge >= 0.3 is 0 Å². The molecule has 7 heteroatoms. The van der Waals surface area contributed by atoms with E-state index < -0.39 is 0 Å². The Morgan fingerprint density at radius 3 is 2.96 bits per heavy atom. The molecular weight excluding hydrogens is 394 g/mol. The van der Waals surface area contributed by atoms with Gasteiger partial charge in [0.2, 0.25) is 5.91 Å². The molecule has 4 nitrogen and oxygen atoms in total. The summed E-state index contributed by atoms with van der Waals surface area (Å²) in [7, 11) is 1.82. The summed E-state index contributed by atoms with van der Waals surface area (Å²) in [6, 6.07) is 9.93. The topological polar surface area (TPSA) is 46.1 Å². The van der Waals surface area contributed by atoms with Crippen molar-refractivity contribution in [2.24, 2.45) is 0 Å². The van der Waals surface area contributed by atoms with Crippen molar-refractivity contribution in [1.29, 1.82) is 0 Å². The lowest BCUT2D eigenvalue weighted by molar-refractivity contribution is -0.127. The Balaban J connectivity index is 1.63. The van der Waals surface area contributed by atoms with Crippen molar-refractivity contribution in [3.8, 4) is 0 Å². The number of hydrogen-bond donors (Lipinski definition) is 0. The van der Waals surface area contributed by atoms with Crippen LogP contribution in [0.1, 0.15) is 5.56 Å². The average molecular weight is 408 g/mol. The van der Waals surface area contributed by atoms with Gasteiger partial charge in [-0.1, -0.05) is 45.9 Å². The van der Waals surface area contributed by atoms with Gasteiger partial charge in [0.25, 0.3) is 0 Å². The second kappa shape index (κ2) is 7.42. The number of hydrogen-bond acceptors (Lipinski definition) is 5. The Morgan fingerprint density at radius 1 is 1.30 bits per heavy atom. The highest BCUT2D eigenvalue weighted by atomic mass is 79.9. The normalized spacial score (nSPS) is 10.9. The highest BCUT2D eigenvalue weighted by Gasteiger charge is 2.13. The van der Waals surface area contributed by atoms with Crippen molar-refractivity contribution in [2.45, 2.75) is 11.6 Å². The fourth-order valence-corrected chi connectivity index (χ4v) is 4.22. The lowest BCUT2D eigenvalue weighted by Gasteiger charge is -2.17. The molecule has 0 spiro atoms. The van der Waals surface area contributed by atoms with Crippen molar-refractivity contribution in [2.75, 3.05) is 12.8 Å². The number of fused-ring (bicyclic) bond motifs is 1. The van der Waals surface area contributed by atoms with Crippen LogP contribution in [0.5, 0.6) is 0 Å². The largest absolute Gasteiger partial charge is 0.341 e. The average Bonchev–Trinajstić information content (AvgIpc) is 3.03. The molecule has 0 saturated carbocycles. The van der Waals surface area contributed by atoms with E-state index in [-0.39, 0.29) is 5.91 Å². The van der Waals surface area contributed by atoms with E-state index in [0.29, 0.717) is 12.3 Å². The molecule has 2 heterocycles. The van der Waals surface area contributed by atoms with Crippen LogP contribution in [-0.2, 0) is 11.3 Å². The molecule has 1 aromatic carbocycles. The summed E-state index contributed by atoms with van der Waals surface area (Å²) in [6.45, 7) is 0.582. The first-order chi connectivity index (χ1) is 11.1. The van der Waals surface area contributed by atoms with Gasteiger partial charge in [0.1, 0.15) is 16.2 Å². The second-order valence-corrected chi connectivity index (χ2v) is 7.66. The van der Waals surface area contributed by atoms with Gasteiger partial charge in [-0.2, -0.15) is 0 Å². The smallest absolute Gasteiger partial charge is 0.233 e. The summed E-state index contributed by atoms with van der Waals surface area (Å²) in [4.78, 5) is 23.6. The lowest BCUT2D eigenvalue weighted by atomic mass is 10.2. The van der Waals surface area contributed by atoms with Gasteiger partial charge in [-0.3, -0.25) is 4.79 Å². The van der Waals surface area contributed by atoms with Gasteiger partial charge in [0.15, 0.2) is 0 Å². The SMILES string of the molecule is CN(Cc1ccccc1Br)C(=O)CSc1ncnc2sccc12. The first-order valence-corrected chi connectivity index (χ1v) is 9.59. The van der Waals surface area contributed by atoms with E-state index in [1.165, 1.54) is 11.8 Å². The first kappa shape index (κ1) is 16.4. The predicted octanol–water partition coefficient (Wildman–Crippen LogP) is 4.20. The number of carbonyl (C=O) groups excluding carboxylic acids is 1. The van der Waals surface area contributed by atoms with E-state index in [2.05, 4.69) is 25.9 Å². The number of amides is 1. The summed E-state index contributed by atoms with van der Waals surface area (Å²) < 4.78 is 1.02. The Morgan fingerprint density at radius 2 is 2.13 bits per heavy atom. The molecular formula is C16H14BrN3OS2. The monoisotopic (exact) mass is 407 g/mol. The van der Waals surface area contributed by atoms with Crippen molar-refractivity contribution in [3.05, 3.63) is 52.1 Å². The molecule has 0 unspecified atom stereocenters. The number of thiophene rings is 1. The molecule has 0 fully saturated rings. The third-order valence-electron chi connectivity index (χ3n) is 3.35. The van der Waals surface area contributed by atoms with Crippen LogP contribution in [-0.4, -0.2) is 33.6 Å². The minimum Gasteiger partial charge on any atom is -0.341 e. The maximum absolute atomic E-state index is 12.4. The molecule has 0 aliphatic rings. The fraction of sp³-hybridized carbons (Fsp3) is 0.188. The minimum atomic E-state index is 0.0766. The van der Waals surface area contributed by atoms with Crippen LogP contribution < -0.4 is 0 Å². The van der Waals surface area contributed by atoms with E-state index >= 15 is 0 Å². The zero-order chi connectivity index (χ0) is 16.2. The molecule has 0 atom stereocenters. The highest BCUT2D eigenvalue weighted by molar-refractivity contribution is 9.10. The van der Waals surface area contributed by atoms with Gasteiger partial charge in [-0.05, 0) is 23.1 Å². The van der Waals surface area contributed by atoms with E-state index in [4.69, 9.17) is 0 Å². The Hall–Kier alpha value is -1.44.